The third-order valence-electron chi connectivity index (χ3n) is 6.84. The van der Waals surface area contributed by atoms with E-state index in [1.807, 2.05) is 4.90 Å². The van der Waals surface area contributed by atoms with Gasteiger partial charge in [-0.1, -0.05) is 31.4 Å². The first kappa shape index (κ1) is 24.6. The Kier molecular flexibility index (Phi) is 7.85. The number of halogens is 1. The highest BCUT2D eigenvalue weighted by Crippen LogP contribution is 2.29. The smallest absolute Gasteiger partial charge is 0.245 e. The molecule has 1 amide bonds. The average Bonchev–Trinajstić information content (AvgIpc) is 2.85. The average molecular weight is 489 g/mol. The summed E-state index contributed by atoms with van der Waals surface area (Å²) in [6, 6.07) is 13.1. The number of hydrogen-bond donors (Lipinski definition) is 1. The molecule has 1 aliphatic carbocycles. The van der Waals surface area contributed by atoms with Gasteiger partial charge < -0.3 is 10.2 Å². The van der Waals surface area contributed by atoms with Crippen LogP contribution in [-0.4, -0.2) is 69.3 Å². The van der Waals surface area contributed by atoms with E-state index in [2.05, 4.69) is 10.2 Å². The van der Waals surface area contributed by atoms with Crippen molar-refractivity contribution in [2.24, 2.45) is 0 Å². The molecule has 1 aliphatic heterocycles. The lowest BCUT2D eigenvalue weighted by Gasteiger charge is -2.35. The highest BCUT2D eigenvalue weighted by atomic mass is 32.2. The van der Waals surface area contributed by atoms with Crippen LogP contribution in [0.25, 0.3) is 0 Å². The van der Waals surface area contributed by atoms with Crippen LogP contribution in [-0.2, 0) is 14.8 Å². The van der Waals surface area contributed by atoms with E-state index in [9.17, 15) is 17.6 Å². The van der Waals surface area contributed by atoms with Gasteiger partial charge in [-0.3, -0.25) is 9.69 Å². The molecule has 2 aliphatic rings. The maximum absolute atomic E-state index is 13.4. The first-order valence-corrected chi connectivity index (χ1v) is 13.4. The number of carbonyl (C=O) groups is 1. The number of nitrogens with one attached hydrogen (secondary N) is 1. The van der Waals surface area contributed by atoms with Gasteiger partial charge in [0.2, 0.25) is 15.9 Å². The first-order chi connectivity index (χ1) is 16.3. The third-order valence-corrected chi connectivity index (χ3v) is 8.81. The molecule has 0 unspecified atom stereocenters. The molecule has 7 nitrogen and oxygen atoms in total. The molecule has 4 rings (SSSR count). The van der Waals surface area contributed by atoms with E-state index in [1.54, 1.807) is 43.4 Å². The molecule has 2 aromatic rings. The van der Waals surface area contributed by atoms with E-state index in [-0.39, 0.29) is 29.2 Å². The Balaban J connectivity index is 1.36. The number of anilines is 2. The Morgan fingerprint density at radius 2 is 1.65 bits per heavy atom. The predicted octanol–water partition coefficient (Wildman–Crippen LogP) is 3.54. The highest BCUT2D eigenvalue weighted by molar-refractivity contribution is 7.89. The van der Waals surface area contributed by atoms with E-state index in [0.29, 0.717) is 18.8 Å². The molecule has 1 saturated heterocycles. The second-order valence-electron chi connectivity index (χ2n) is 9.10. The van der Waals surface area contributed by atoms with E-state index >= 15 is 0 Å². The Morgan fingerprint density at radius 1 is 1.00 bits per heavy atom. The number of sulfonamides is 1. The van der Waals surface area contributed by atoms with Gasteiger partial charge in [0, 0.05) is 45.0 Å². The number of nitrogens with zero attached hydrogens (tertiary/aromatic N) is 3. The van der Waals surface area contributed by atoms with Crippen LogP contribution < -0.4 is 10.2 Å². The molecule has 0 aromatic heterocycles. The Morgan fingerprint density at radius 3 is 2.32 bits per heavy atom. The van der Waals surface area contributed by atoms with E-state index in [1.165, 1.54) is 16.4 Å². The van der Waals surface area contributed by atoms with Crippen molar-refractivity contribution in [3.05, 3.63) is 54.3 Å². The topological polar surface area (TPSA) is 73.0 Å². The minimum atomic E-state index is -3.72. The van der Waals surface area contributed by atoms with Gasteiger partial charge in [0.1, 0.15) is 10.7 Å². The van der Waals surface area contributed by atoms with Gasteiger partial charge in [0.25, 0.3) is 0 Å². The zero-order valence-electron chi connectivity index (χ0n) is 19.6. The molecule has 34 heavy (non-hydrogen) atoms. The molecule has 0 bridgehead atoms. The molecule has 0 spiro atoms. The Labute approximate surface area is 201 Å². The fourth-order valence-corrected chi connectivity index (χ4v) is 6.36. The number of carbonyl (C=O) groups excluding carboxylic acids is 1. The number of piperazine rings is 1. The summed E-state index contributed by atoms with van der Waals surface area (Å²) in [5.41, 5.74) is 1.28. The van der Waals surface area contributed by atoms with Crippen molar-refractivity contribution in [2.45, 2.75) is 43.0 Å². The highest BCUT2D eigenvalue weighted by Gasteiger charge is 2.31. The van der Waals surface area contributed by atoms with Gasteiger partial charge in [-0.05, 0) is 49.2 Å². The molecule has 9 heteroatoms. The number of benzene rings is 2. The van der Waals surface area contributed by atoms with Gasteiger partial charge in [0.15, 0.2) is 0 Å². The molecule has 2 aromatic carbocycles. The second kappa shape index (κ2) is 10.8. The molecule has 1 N–H and O–H groups in total. The summed E-state index contributed by atoms with van der Waals surface area (Å²) >= 11 is 0. The molecule has 1 saturated carbocycles. The zero-order chi connectivity index (χ0) is 24.1. The summed E-state index contributed by atoms with van der Waals surface area (Å²) in [5.74, 6) is -0.496. The van der Waals surface area contributed by atoms with Crippen molar-refractivity contribution in [1.29, 1.82) is 0 Å². The van der Waals surface area contributed by atoms with Crippen molar-refractivity contribution in [3.63, 3.8) is 0 Å². The summed E-state index contributed by atoms with van der Waals surface area (Å²) in [7, 11) is -2.07. The monoisotopic (exact) mass is 488 g/mol. The summed E-state index contributed by atoms with van der Waals surface area (Å²) in [5, 5.41) is 2.83. The van der Waals surface area contributed by atoms with Crippen molar-refractivity contribution in [2.75, 3.05) is 50.0 Å². The standard InChI is InChI=1S/C25H33FN4O3S/c1-28(21-7-3-2-4-8-21)34(32,33)24-10-6-5-9-23(24)27-25(31)19-29-15-17-30(18-16-29)22-13-11-20(26)12-14-22/h5-6,9-14,21H,2-4,7-8,15-19H2,1H3,(H,27,31). The fourth-order valence-electron chi connectivity index (χ4n) is 4.80. The summed E-state index contributed by atoms with van der Waals surface area (Å²) < 4.78 is 41.3. The van der Waals surface area contributed by atoms with Crippen LogP contribution in [0.15, 0.2) is 53.4 Å². The molecule has 2 fully saturated rings. The van der Waals surface area contributed by atoms with Crippen LogP contribution in [0.1, 0.15) is 32.1 Å². The SMILES string of the molecule is CN(C1CCCCC1)S(=O)(=O)c1ccccc1NC(=O)CN1CCN(c2ccc(F)cc2)CC1. The van der Waals surface area contributed by atoms with E-state index in [0.717, 1.165) is 50.9 Å². The van der Waals surface area contributed by atoms with Crippen LogP contribution in [0, 0.1) is 5.82 Å². The maximum atomic E-state index is 13.4. The minimum absolute atomic E-state index is 0.0000827. The summed E-state index contributed by atoms with van der Waals surface area (Å²) in [6.45, 7) is 3.03. The number of hydrogen-bond acceptors (Lipinski definition) is 5. The lowest BCUT2D eigenvalue weighted by molar-refractivity contribution is -0.117. The van der Waals surface area contributed by atoms with Crippen LogP contribution in [0.4, 0.5) is 15.8 Å². The van der Waals surface area contributed by atoms with Crippen LogP contribution >= 0.6 is 0 Å². The number of para-hydroxylation sites is 1. The van der Waals surface area contributed by atoms with Crippen LogP contribution in [0.2, 0.25) is 0 Å². The van der Waals surface area contributed by atoms with Gasteiger partial charge in [0.05, 0.1) is 12.2 Å². The van der Waals surface area contributed by atoms with Gasteiger partial charge >= 0.3 is 0 Å². The van der Waals surface area contributed by atoms with E-state index < -0.39 is 10.0 Å². The van der Waals surface area contributed by atoms with Crippen molar-refractivity contribution >= 4 is 27.3 Å². The quantitative estimate of drug-likeness (QED) is 0.646. The van der Waals surface area contributed by atoms with Crippen LogP contribution in [0.3, 0.4) is 0 Å². The summed E-state index contributed by atoms with van der Waals surface area (Å²) in [6.07, 6.45) is 4.96. The van der Waals surface area contributed by atoms with Gasteiger partial charge in [-0.2, -0.15) is 4.31 Å². The van der Waals surface area contributed by atoms with Gasteiger partial charge in [-0.15, -0.1) is 0 Å². The molecule has 0 radical (unpaired) electrons. The number of amides is 1. The molecule has 0 atom stereocenters. The second-order valence-corrected chi connectivity index (χ2v) is 11.1. The molecular weight excluding hydrogens is 455 g/mol. The third kappa shape index (κ3) is 5.76. The van der Waals surface area contributed by atoms with Crippen molar-refractivity contribution in [3.8, 4) is 0 Å². The fraction of sp³-hybridized carbons (Fsp3) is 0.480. The first-order valence-electron chi connectivity index (χ1n) is 11.9. The molecule has 184 valence electrons. The normalized spacial score (nSPS) is 18.3. The molecule has 1 heterocycles. The maximum Gasteiger partial charge on any atom is 0.245 e. The Bertz CT molecular complexity index is 1080. The predicted molar refractivity (Wildman–Crippen MR) is 132 cm³/mol. The Hall–Kier alpha value is -2.49. The van der Waals surface area contributed by atoms with E-state index in [4.69, 9.17) is 0 Å². The lowest BCUT2D eigenvalue weighted by atomic mass is 9.96. The summed E-state index contributed by atoms with van der Waals surface area (Å²) in [4.78, 5) is 17.1. The largest absolute Gasteiger partial charge is 0.369 e. The van der Waals surface area contributed by atoms with Gasteiger partial charge in [-0.25, -0.2) is 12.8 Å². The van der Waals surface area contributed by atoms with Crippen molar-refractivity contribution < 1.29 is 17.6 Å². The minimum Gasteiger partial charge on any atom is -0.369 e. The molecular formula is C25H33FN4O3S. The zero-order valence-corrected chi connectivity index (χ0v) is 20.4. The lowest BCUT2D eigenvalue weighted by Crippen LogP contribution is -2.48. The van der Waals surface area contributed by atoms with Crippen molar-refractivity contribution in [1.82, 2.24) is 9.21 Å². The number of rotatable bonds is 7. The van der Waals surface area contributed by atoms with Crippen LogP contribution in [0.5, 0.6) is 0 Å².